The summed E-state index contributed by atoms with van der Waals surface area (Å²) >= 11 is 0. The Labute approximate surface area is 146 Å². The summed E-state index contributed by atoms with van der Waals surface area (Å²) in [6, 6.07) is 3.42. The van der Waals surface area contributed by atoms with E-state index in [9.17, 15) is 9.59 Å². The van der Waals surface area contributed by atoms with Gasteiger partial charge in [-0.25, -0.2) is 4.98 Å². The van der Waals surface area contributed by atoms with E-state index in [-0.39, 0.29) is 29.1 Å². The fourth-order valence-corrected chi connectivity index (χ4v) is 3.09. The van der Waals surface area contributed by atoms with E-state index in [2.05, 4.69) is 9.97 Å². The summed E-state index contributed by atoms with van der Waals surface area (Å²) in [6.45, 7) is 7.18. The number of pyridine rings is 1. The molecular formula is C18H24N4O3. The number of carbonyl (C=O) groups is 1. The molecule has 1 aliphatic heterocycles. The van der Waals surface area contributed by atoms with Crippen LogP contribution in [0.15, 0.2) is 23.1 Å². The standard InChI is InChI=1S/C18H24N4O3/c1-11(2)14-6-5-13(17(23)20-14)18(24)22-7-8-25-15(10-22)16-19-12(3)9-21(16)4/h5-6,9,11,15H,7-8,10H2,1-4H3,(H,20,23)/t15-/m1/s1. The number of carbonyl (C=O) groups excluding carboxylic acids is 1. The molecule has 0 aliphatic carbocycles. The van der Waals surface area contributed by atoms with Crippen molar-refractivity contribution >= 4 is 5.91 Å². The molecule has 1 atom stereocenters. The predicted molar refractivity (Wildman–Crippen MR) is 93.7 cm³/mol. The Hall–Kier alpha value is -2.41. The maximum Gasteiger partial charge on any atom is 0.261 e. The Morgan fingerprint density at radius 3 is 2.76 bits per heavy atom. The maximum absolute atomic E-state index is 12.8. The summed E-state index contributed by atoms with van der Waals surface area (Å²) in [6.07, 6.45) is 1.64. The van der Waals surface area contributed by atoms with Crippen LogP contribution in [-0.2, 0) is 11.8 Å². The van der Waals surface area contributed by atoms with E-state index >= 15 is 0 Å². The molecule has 25 heavy (non-hydrogen) atoms. The largest absolute Gasteiger partial charge is 0.367 e. The topological polar surface area (TPSA) is 80.2 Å². The van der Waals surface area contributed by atoms with Crippen LogP contribution in [0.3, 0.4) is 0 Å². The first-order valence-corrected chi connectivity index (χ1v) is 8.50. The molecule has 0 spiro atoms. The van der Waals surface area contributed by atoms with Crippen LogP contribution in [0.4, 0.5) is 0 Å². The van der Waals surface area contributed by atoms with Gasteiger partial charge in [0.15, 0.2) is 0 Å². The van der Waals surface area contributed by atoms with Crippen molar-refractivity contribution in [1.82, 2.24) is 19.4 Å². The molecule has 2 aromatic heterocycles. The van der Waals surface area contributed by atoms with Crippen LogP contribution in [0.2, 0.25) is 0 Å². The number of nitrogens with zero attached hydrogens (tertiary/aromatic N) is 3. The zero-order chi connectivity index (χ0) is 18.1. The number of imidazole rings is 1. The molecule has 1 N–H and O–H groups in total. The Kier molecular flexibility index (Phi) is 4.76. The molecule has 7 heteroatoms. The minimum Gasteiger partial charge on any atom is -0.367 e. The molecule has 0 saturated carbocycles. The lowest BCUT2D eigenvalue weighted by atomic mass is 10.1. The van der Waals surface area contributed by atoms with E-state index in [1.54, 1.807) is 17.0 Å². The van der Waals surface area contributed by atoms with Gasteiger partial charge in [-0.05, 0) is 25.0 Å². The van der Waals surface area contributed by atoms with E-state index in [0.29, 0.717) is 19.7 Å². The number of aromatic amines is 1. The van der Waals surface area contributed by atoms with Crippen LogP contribution in [0.5, 0.6) is 0 Å². The van der Waals surface area contributed by atoms with Crippen molar-refractivity contribution in [3.05, 3.63) is 51.5 Å². The summed E-state index contributed by atoms with van der Waals surface area (Å²) in [5, 5.41) is 0. The molecule has 1 fully saturated rings. The molecule has 0 bridgehead atoms. The Bertz CT molecular complexity index is 837. The van der Waals surface area contributed by atoms with Gasteiger partial charge >= 0.3 is 0 Å². The average molecular weight is 344 g/mol. The molecule has 7 nitrogen and oxygen atoms in total. The van der Waals surface area contributed by atoms with E-state index in [1.165, 1.54) is 0 Å². The monoisotopic (exact) mass is 344 g/mol. The highest BCUT2D eigenvalue weighted by Crippen LogP contribution is 2.22. The summed E-state index contributed by atoms with van der Waals surface area (Å²) in [5.41, 5.74) is 1.56. The third kappa shape index (κ3) is 3.51. The lowest BCUT2D eigenvalue weighted by Gasteiger charge is -2.32. The van der Waals surface area contributed by atoms with Gasteiger partial charge in [0.2, 0.25) is 0 Å². The third-order valence-electron chi connectivity index (χ3n) is 4.46. The van der Waals surface area contributed by atoms with Gasteiger partial charge in [0, 0.05) is 25.5 Å². The maximum atomic E-state index is 12.8. The molecule has 1 aliphatic rings. The van der Waals surface area contributed by atoms with Crippen LogP contribution in [0.1, 0.15) is 53.4 Å². The smallest absolute Gasteiger partial charge is 0.261 e. The molecule has 1 saturated heterocycles. The second-order valence-electron chi connectivity index (χ2n) is 6.77. The molecule has 3 heterocycles. The predicted octanol–water partition coefficient (Wildman–Crippen LogP) is 1.75. The first kappa shape index (κ1) is 17.4. The van der Waals surface area contributed by atoms with Gasteiger partial charge in [0.05, 0.1) is 18.8 Å². The number of hydrogen-bond acceptors (Lipinski definition) is 4. The van der Waals surface area contributed by atoms with Crippen molar-refractivity contribution in [1.29, 1.82) is 0 Å². The Balaban J connectivity index is 1.80. The first-order chi connectivity index (χ1) is 11.9. The number of amides is 1. The number of nitrogens with one attached hydrogen (secondary N) is 1. The molecular weight excluding hydrogens is 320 g/mol. The van der Waals surface area contributed by atoms with Crippen LogP contribution in [0, 0.1) is 6.92 Å². The first-order valence-electron chi connectivity index (χ1n) is 8.50. The zero-order valence-electron chi connectivity index (χ0n) is 15.1. The second-order valence-corrected chi connectivity index (χ2v) is 6.77. The van der Waals surface area contributed by atoms with Gasteiger partial charge in [-0.15, -0.1) is 0 Å². The number of rotatable bonds is 3. The lowest BCUT2D eigenvalue weighted by Crippen LogP contribution is -2.44. The van der Waals surface area contributed by atoms with E-state index in [1.807, 2.05) is 38.6 Å². The van der Waals surface area contributed by atoms with Gasteiger partial charge in [0.25, 0.3) is 11.5 Å². The number of aromatic nitrogens is 3. The van der Waals surface area contributed by atoms with Crippen molar-refractivity contribution in [2.45, 2.75) is 32.8 Å². The van der Waals surface area contributed by atoms with Crippen molar-refractivity contribution in [3.63, 3.8) is 0 Å². The van der Waals surface area contributed by atoms with Crippen LogP contribution < -0.4 is 5.56 Å². The Morgan fingerprint density at radius 2 is 2.16 bits per heavy atom. The molecule has 1 amide bonds. The summed E-state index contributed by atoms with van der Waals surface area (Å²) in [4.78, 5) is 34.0. The van der Waals surface area contributed by atoms with Crippen LogP contribution in [-0.4, -0.2) is 45.0 Å². The molecule has 0 unspecified atom stereocenters. The van der Waals surface area contributed by atoms with Crippen molar-refractivity contribution < 1.29 is 9.53 Å². The number of aryl methyl sites for hydroxylation is 2. The highest BCUT2D eigenvalue weighted by atomic mass is 16.5. The van der Waals surface area contributed by atoms with E-state index < -0.39 is 0 Å². The second kappa shape index (κ2) is 6.84. The molecule has 0 aromatic carbocycles. The summed E-state index contributed by atoms with van der Waals surface area (Å²) < 4.78 is 7.71. The number of hydrogen-bond donors (Lipinski definition) is 1. The summed E-state index contributed by atoms with van der Waals surface area (Å²) in [5.74, 6) is 0.728. The van der Waals surface area contributed by atoms with Crippen molar-refractivity contribution in [2.24, 2.45) is 7.05 Å². The van der Waals surface area contributed by atoms with Crippen LogP contribution >= 0.6 is 0 Å². The zero-order valence-corrected chi connectivity index (χ0v) is 15.1. The average Bonchev–Trinajstić information content (AvgIpc) is 2.92. The highest BCUT2D eigenvalue weighted by Gasteiger charge is 2.29. The Morgan fingerprint density at radius 1 is 1.40 bits per heavy atom. The summed E-state index contributed by atoms with van der Waals surface area (Å²) in [7, 11) is 1.91. The lowest BCUT2D eigenvalue weighted by molar-refractivity contribution is -0.0280. The molecule has 0 radical (unpaired) electrons. The van der Waals surface area contributed by atoms with Crippen LogP contribution in [0.25, 0.3) is 0 Å². The number of morpholine rings is 1. The van der Waals surface area contributed by atoms with Crippen molar-refractivity contribution in [3.8, 4) is 0 Å². The molecule has 134 valence electrons. The van der Waals surface area contributed by atoms with Crippen molar-refractivity contribution in [2.75, 3.05) is 19.7 Å². The fourth-order valence-electron chi connectivity index (χ4n) is 3.09. The SMILES string of the molecule is Cc1cn(C)c([C@H]2CN(C(=O)c3ccc(C(C)C)[nH]c3=O)CCO2)n1. The van der Waals surface area contributed by atoms with E-state index in [4.69, 9.17) is 4.74 Å². The van der Waals surface area contributed by atoms with Gasteiger partial charge in [-0.3, -0.25) is 9.59 Å². The number of ether oxygens (including phenoxy) is 1. The van der Waals surface area contributed by atoms with Gasteiger partial charge < -0.3 is 19.2 Å². The third-order valence-corrected chi connectivity index (χ3v) is 4.46. The molecule has 2 aromatic rings. The van der Waals surface area contributed by atoms with Gasteiger partial charge in [-0.1, -0.05) is 13.8 Å². The quantitative estimate of drug-likeness (QED) is 0.920. The minimum atomic E-state index is -0.341. The number of H-pyrrole nitrogens is 1. The molecule has 3 rings (SSSR count). The van der Waals surface area contributed by atoms with Gasteiger partial charge in [-0.2, -0.15) is 0 Å². The normalized spacial score (nSPS) is 18.0. The van der Waals surface area contributed by atoms with E-state index in [0.717, 1.165) is 17.2 Å². The fraction of sp³-hybridized carbons (Fsp3) is 0.500. The van der Waals surface area contributed by atoms with Gasteiger partial charge in [0.1, 0.15) is 17.5 Å². The minimum absolute atomic E-state index is 0.168. The highest BCUT2D eigenvalue weighted by molar-refractivity contribution is 5.93.